The van der Waals surface area contributed by atoms with Gasteiger partial charge in [-0.25, -0.2) is 0 Å². The number of thioether (sulfide) groups is 1. The van der Waals surface area contributed by atoms with Crippen LogP contribution in [0.4, 0.5) is 0 Å². The largest absolute Gasteiger partial charge is 0.352 e. The van der Waals surface area contributed by atoms with Crippen molar-refractivity contribution in [2.45, 2.75) is 51.6 Å². The summed E-state index contributed by atoms with van der Waals surface area (Å²) in [6, 6.07) is 9.86. The maximum absolute atomic E-state index is 13.1. The van der Waals surface area contributed by atoms with E-state index in [0.717, 1.165) is 17.5 Å². The van der Waals surface area contributed by atoms with E-state index in [9.17, 15) is 9.59 Å². The van der Waals surface area contributed by atoms with Crippen LogP contribution in [0, 0.1) is 0 Å². The number of carbonyl (C=O) groups excluding carboxylic acids is 2. The first-order valence-corrected chi connectivity index (χ1v) is 12.8. The maximum Gasteiger partial charge on any atom is 0.242 e. The molecular weight excluding hydrogens is 510 g/mol. The number of nitrogens with zero attached hydrogens (tertiary/aromatic N) is 1. The highest BCUT2D eigenvalue weighted by Gasteiger charge is 2.27. The van der Waals surface area contributed by atoms with Gasteiger partial charge < -0.3 is 10.2 Å². The lowest BCUT2D eigenvalue weighted by Gasteiger charge is -2.29. The van der Waals surface area contributed by atoms with Gasteiger partial charge in [0.05, 0.1) is 15.8 Å². The summed E-state index contributed by atoms with van der Waals surface area (Å²) >= 11 is 25.8. The van der Waals surface area contributed by atoms with E-state index >= 15 is 0 Å². The number of hydrogen-bond acceptors (Lipinski definition) is 3. The number of carbonyl (C=O) groups is 2. The second-order valence-corrected chi connectivity index (χ2v) is 10.1. The van der Waals surface area contributed by atoms with E-state index in [1.54, 1.807) is 42.2 Å². The number of rotatable bonds is 10. The summed E-state index contributed by atoms with van der Waals surface area (Å²) in [5.41, 5.74) is 1.69. The molecule has 174 valence electrons. The first kappa shape index (κ1) is 27.1. The standard InChI is InChI=1S/C23H26Cl4N2O2S/c1-4-14(2)28-23(31)15(3)29(11-16-5-8-19(25)21(27)9-16)22(30)13-32-12-17-6-7-18(24)10-20(17)26/h5-10,14-15H,4,11-13H2,1-3H3,(H,28,31). The lowest BCUT2D eigenvalue weighted by atomic mass is 10.1. The molecule has 2 aromatic carbocycles. The van der Waals surface area contributed by atoms with Gasteiger partial charge in [-0.1, -0.05) is 65.5 Å². The van der Waals surface area contributed by atoms with Crippen molar-refractivity contribution in [3.05, 3.63) is 67.6 Å². The zero-order valence-corrected chi connectivity index (χ0v) is 22.0. The molecule has 4 nitrogen and oxygen atoms in total. The van der Waals surface area contributed by atoms with Gasteiger partial charge in [-0.15, -0.1) is 11.8 Å². The van der Waals surface area contributed by atoms with Crippen LogP contribution in [0.2, 0.25) is 20.1 Å². The Hall–Kier alpha value is -1.11. The number of benzene rings is 2. The van der Waals surface area contributed by atoms with E-state index in [2.05, 4.69) is 5.32 Å². The van der Waals surface area contributed by atoms with Crippen LogP contribution >= 0.6 is 58.2 Å². The van der Waals surface area contributed by atoms with Crippen LogP contribution in [0.5, 0.6) is 0 Å². The Morgan fingerprint density at radius 3 is 2.34 bits per heavy atom. The van der Waals surface area contributed by atoms with Crippen LogP contribution < -0.4 is 5.32 Å². The highest BCUT2D eigenvalue weighted by Crippen LogP contribution is 2.26. The van der Waals surface area contributed by atoms with Gasteiger partial charge >= 0.3 is 0 Å². The predicted molar refractivity (Wildman–Crippen MR) is 137 cm³/mol. The first-order valence-electron chi connectivity index (χ1n) is 10.2. The summed E-state index contributed by atoms with van der Waals surface area (Å²) in [4.78, 5) is 27.5. The van der Waals surface area contributed by atoms with Crippen molar-refractivity contribution >= 4 is 70.0 Å². The summed E-state index contributed by atoms with van der Waals surface area (Å²) in [7, 11) is 0. The van der Waals surface area contributed by atoms with E-state index in [1.165, 1.54) is 11.8 Å². The summed E-state index contributed by atoms with van der Waals surface area (Å²) in [5, 5.41) is 4.91. The molecule has 32 heavy (non-hydrogen) atoms. The molecule has 1 N–H and O–H groups in total. The van der Waals surface area contributed by atoms with E-state index in [1.807, 2.05) is 19.9 Å². The van der Waals surface area contributed by atoms with Gasteiger partial charge in [0.25, 0.3) is 0 Å². The van der Waals surface area contributed by atoms with Gasteiger partial charge in [0.2, 0.25) is 11.8 Å². The molecule has 2 amide bonds. The van der Waals surface area contributed by atoms with Gasteiger partial charge in [-0.3, -0.25) is 9.59 Å². The molecule has 0 aliphatic heterocycles. The highest BCUT2D eigenvalue weighted by molar-refractivity contribution is 7.99. The molecule has 9 heteroatoms. The lowest BCUT2D eigenvalue weighted by molar-refractivity contribution is -0.138. The molecule has 2 rings (SSSR count). The SMILES string of the molecule is CCC(C)NC(=O)C(C)N(Cc1ccc(Cl)c(Cl)c1)C(=O)CSCc1ccc(Cl)cc1Cl. The number of amides is 2. The third kappa shape index (κ3) is 8.03. The molecule has 0 bridgehead atoms. The van der Waals surface area contributed by atoms with Crippen LogP contribution in [0.25, 0.3) is 0 Å². The van der Waals surface area contributed by atoms with Gasteiger partial charge in [-0.05, 0) is 55.7 Å². The summed E-state index contributed by atoms with van der Waals surface area (Å²) in [6.45, 7) is 5.90. The molecule has 2 aromatic rings. The summed E-state index contributed by atoms with van der Waals surface area (Å²) in [5.74, 6) is 0.397. The van der Waals surface area contributed by atoms with E-state index in [-0.39, 0.29) is 30.2 Å². The van der Waals surface area contributed by atoms with Crippen molar-refractivity contribution in [3.8, 4) is 0 Å². The fraction of sp³-hybridized carbons (Fsp3) is 0.391. The molecule has 0 spiro atoms. The lowest BCUT2D eigenvalue weighted by Crippen LogP contribution is -2.50. The average molecular weight is 536 g/mol. The highest BCUT2D eigenvalue weighted by atomic mass is 35.5. The van der Waals surface area contributed by atoms with E-state index < -0.39 is 6.04 Å². The maximum atomic E-state index is 13.1. The van der Waals surface area contributed by atoms with E-state index in [4.69, 9.17) is 46.4 Å². The Labute approximate surface area is 213 Å². The van der Waals surface area contributed by atoms with Crippen molar-refractivity contribution in [1.82, 2.24) is 10.2 Å². The van der Waals surface area contributed by atoms with Crippen LogP contribution in [-0.2, 0) is 21.9 Å². The van der Waals surface area contributed by atoms with Crippen LogP contribution in [0.1, 0.15) is 38.3 Å². The second kappa shape index (κ2) is 13.0. The van der Waals surface area contributed by atoms with Crippen molar-refractivity contribution in [3.63, 3.8) is 0 Å². The normalized spacial score (nSPS) is 12.8. The van der Waals surface area contributed by atoms with E-state index in [0.29, 0.717) is 25.8 Å². The van der Waals surface area contributed by atoms with Gasteiger partial charge in [0.15, 0.2) is 0 Å². The van der Waals surface area contributed by atoms with Crippen molar-refractivity contribution in [1.29, 1.82) is 0 Å². The first-order chi connectivity index (χ1) is 15.1. The van der Waals surface area contributed by atoms with Crippen molar-refractivity contribution in [2.24, 2.45) is 0 Å². The second-order valence-electron chi connectivity index (χ2n) is 7.49. The third-order valence-electron chi connectivity index (χ3n) is 5.00. The predicted octanol–water partition coefficient (Wildman–Crippen LogP) is 6.87. The number of hydrogen-bond donors (Lipinski definition) is 1. The minimum atomic E-state index is -0.648. The molecule has 0 saturated carbocycles. The monoisotopic (exact) mass is 534 g/mol. The zero-order chi connectivity index (χ0) is 23.8. The van der Waals surface area contributed by atoms with Crippen LogP contribution in [0.15, 0.2) is 36.4 Å². The van der Waals surface area contributed by atoms with Gasteiger partial charge in [0.1, 0.15) is 6.04 Å². The fourth-order valence-corrected chi connectivity index (χ4v) is 4.64. The molecule has 0 fully saturated rings. The minimum absolute atomic E-state index is 0.0216. The Kier molecular flexibility index (Phi) is 11.0. The Morgan fingerprint density at radius 2 is 1.72 bits per heavy atom. The molecule has 0 saturated heterocycles. The molecule has 0 aliphatic rings. The number of halogens is 4. The van der Waals surface area contributed by atoms with Crippen LogP contribution in [0.3, 0.4) is 0 Å². The molecule has 0 aromatic heterocycles. The molecule has 2 unspecified atom stereocenters. The molecule has 2 atom stereocenters. The molecule has 0 aliphatic carbocycles. The molecule has 0 heterocycles. The quantitative estimate of drug-likeness (QED) is 0.361. The van der Waals surface area contributed by atoms with Crippen molar-refractivity contribution < 1.29 is 9.59 Å². The van der Waals surface area contributed by atoms with Crippen LogP contribution in [-0.4, -0.2) is 34.6 Å². The summed E-state index contributed by atoms with van der Waals surface area (Å²) in [6.07, 6.45) is 0.802. The molecule has 0 radical (unpaired) electrons. The fourth-order valence-electron chi connectivity index (χ4n) is 2.85. The third-order valence-corrected chi connectivity index (χ3v) is 7.30. The summed E-state index contributed by atoms with van der Waals surface area (Å²) < 4.78 is 0. The van der Waals surface area contributed by atoms with Gasteiger partial charge in [-0.2, -0.15) is 0 Å². The number of nitrogens with one attached hydrogen (secondary N) is 1. The Balaban J connectivity index is 2.13. The zero-order valence-electron chi connectivity index (χ0n) is 18.1. The molecular formula is C23H26Cl4N2O2S. The smallest absolute Gasteiger partial charge is 0.242 e. The Morgan fingerprint density at radius 1 is 1.00 bits per heavy atom. The van der Waals surface area contributed by atoms with Crippen molar-refractivity contribution in [2.75, 3.05) is 5.75 Å². The topological polar surface area (TPSA) is 49.4 Å². The Bertz CT molecular complexity index is 958. The minimum Gasteiger partial charge on any atom is -0.352 e. The average Bonchev–Trinajstić information content (AvgIpc) is 2.75. The van der Waals surface area contributed by atoms with Gasteiger partial charge in [0, 0.05) is 28.4 Å².